The quantitative estimate of drug-likeness (QED) is 0.725. The van der Waals surface area contributed by atoms with Crippen LogP contribution in [0.2, 0.25) is 0 Å². The van der Waals surface area contributed by atoms with Gasteiger partial charge in [0, 0.05) is 12.6 Å². The Bertz CT molecular complexity index is 351. The summed E-state index contributed by atoms with van der Waals surface area (Å²) in [6.07, 6.45) is 8.37. The average Bonchev–Trinajstić information content (AvgIpc) is 2.43. The summed E-state index contributed by atoms with van der Waals surface area (Å²) in [5.41, 5.74) is 3.04. The van der Waals surface area contributed by atoms with Crippen LogP contribution in [0.5, 0.6) is 0 Å². The summed E-state index contributed by atoms with van der Waals surface area (Å²) in [5, 5.41) is 12.4. The molecule has 18 heavy (non-hydrogen) atoms. The zero-order valence-electron chi connectivity index (χ0n) is 11.2. The molecule has 2 N–H and O–H groups in total. The van der Waals surface area contributed by atoms with E-state index < -0.39 is 0 Å². The lowest BCUT2D eigenvalue weighted by molar-refractivity contribution is 0.282. The molecule has 2 heteroatoms. The second-order valence-corrected chi connectivity index (χ2v) is 5.24. The predicted octanol–water partition coefficient (Wildman–Crippen LogP) is 3.21. The molecule has 1 aliphatic carbocycles. The highest BCUT2D eigenvalue weighted by Crippen LogP contribution is 2.29. The van der Waals surface area contributed by atoms with Crippen LogP contribution in [0.3, 0.4) is 0 Å². The van der Waals surface area contributed by atoms with Gasteiger partial charge in [0.05, 0.1) is 0 Å². The van der Waals surface area contributed by atoms with Gasteiger partial charge in [-0.2, -0.15) is 0 Å². The maximum atomic E-state index is 8.72. The van der Waals surface area contributed by atoms with E-state index in [1.165, 1.54) is 43.2 Å². The Hall–Kier alpha value is -0.860. The highest BCUT2D eigenvalue weighted by molar-refractivity contribution is 5.32. The highest BCUT2D eigenvalue weighted by Gasteiger charge is 2.18. The van der Waals surface area contributed by atoms with E-state index in [2.05, 4.69) is 29.6 Å². The van der Waals surface area contributed by atoms with Crippen molar-refractivity contribution in [2.24, 2.45) is 0 Å². The fraction of sp³-hybridized carbons (Fsp3) is 0.625. The van der Waals surface area contributed by atoms with Gasteiger partial charge in [0.2, 0.25) is 0 Å². The first-order chi connectivity index (χ1) is 8.92. The molecule has 0 radical (unpaired) electrons. The van der Waals surface area contributed by atoms with Gasteiger partial charge in [0.15, 0.2) is 0 Å². The summed E-state index contributed by atoms with van der Waals surface area (Å²) < 4.78 is 0. The van der Waals surface area contributed by atoms with Gasteiger partial charge in [-0.1, -0.05) is 37.1 Å². The van der Waals surface area contributed by atoms with Crippen LogP contribution >= 0.6 is 0 Å². The molecule has 0 heterocycles. The molecule has 0 bridgehead atoms. The van der Waals surface area contributed by atoms with Crippen molar-refractivity contribution in [2.75, 3.05) is 13.2 Å². The lowest BCUT2D eigenvalue weighted by Gasteiger charge is -2.26. The van der Waals surface area contributed by atoms with Gasteiger partial charge in [-0.3, -0.25) is 0 Å². The summed E-state index contributed by atoms with van der Waals surface area (Å²) >= 11 is 0. The van der Waals surface area contributed by atoms with E-state index in [9.17, 15) is 0 Å². The van der Waals surface area contributed by atoms with Crippen molar-refractivity contribution in [3.63, 3.8) is 0 Å². The normalized spacial score (nSPS) is 18.6. The molecule has 0 spiro atoms. The minimum absolute atomic E-state index is 0.337. The lowest BCUT2D eigenvalue weighted by Crippen LogP contribution is -2.26. The van der Waals surface area contributed by atoms with E-state index in [1.807, 2.05) is 0 Å². The Morgan fingerprint density at radius 2 is 1.94 bits per heavy atom. The van der Waals surface area contributed by atoms with Crippen LogP contribution in [0.4, 0.5) is 0 Å². The third kappa shape index (κ3) is 3.82. The zero-order valence-corrected chi connectivity index (χ0v) is 11.2. The van der Waals surface area contributed by atoms with Crippen molar-refractivity contribution in [2.45, 2.75) is 51.0 Å². The van der Waals surface area contributed by atoms with Gasteiger partial charge in [0.1, 0.15) is 0 Å². The Labute approximate surface area is 110 Å². The molecular formula is C16H25NO. The predicted molar refractivity (Wildman–Crippen MR) is 75.7 cm³/mol. The highest BCUT2D eigenvalue weighted by atomic mass is 16.2. The van der Waals surface area contributed by atoms with Crippen molar-refractivity contribution in [1.29, 1.82) is 0 Å². The Kier molecular flexibility index (Phi) is 5.69. The van der Waals surface area contributed by atoms with Crippen LogP contribution in [0, 0.1) is 0 Å². The standard InChI is InChI=1S/C16H25NO/c18-13-6-2-1-5-12-17-16-11-7-9-14-8-3-4-10-15(14)16/h3-4,8,10,16-18H,1-2,5-7,9,11-13H2. The van der Waals surface area contributed by atoms with Gasteiger partial charge in [-0.25, -0.2) is 0 Å². The van der Waals surface area contributed by atoms with E-state index in [-0.39, 0.29) is 0 Å². The molecule has 1 aromatic carbocycles. The van der Waals surface area contributed by atoms with Gasteiger partial charge in [0.25, 0.3) is 0 Å². The molecule has 0 saturated carbocycles. The molecular weight excluding hydrogens is 222 g/mol. The van der Waals surface area contributed by atoms with Crippen molar-refractivity contribution < 1.29 is 5.11 Å². The second kappa shape index (κ2) is 7.55. The van der Waals surface area contributed by atoms with Gasteiger partial charge >= 0.3 is 0 Å². The molecule has 0 fully saturated rings. The lowest BCUT2D eigenvalue weighted by atomic mass is 9.88. The monoisotopic (exact) mass is 247 g/mol. The summed E-state index contributed by atoms with van der Waals surface area (Å²) in [6, 6.07) is 9.41. The molecule has 100 valence electrons. The molecule has 2 rings (SSSR count). The number of aryl methyl sites for hydroxylation is 1. The van der Waals surface area contributed by atoms with Gasteiger partial charge in [-0.15, -0.1) is 0 Å². The van der Waals surface area contributed by atoms with Crippen molar-refractivity contribution in [3.05, 3.63) is 35.4 Å². The maximum Gasteiger partial charge on any atom is 0.0431 e. The number of nitrogens with one attached hydrogen (secondary N) is 1. The number of aliphatic hydroxyl groups is 1. The number of rotatable bonds is 7. The molecule has 1 aromatic rings. The molecule has 0 aromatic heterocycles. The number of hydrogen-bond acceptors (Lipinski definition) is 2. The summed E-state index contributed by atoms with van der Waals surface area (Å²) in [7, 11) is 0. The minimum atomic E-state index is 0.337. The SMILES string of the molecule is OCCCCCCNC1CCCc2ccccc21. The number of hydrogen-bond donors (Lipinski definition) is 2. The largest absolute Gasteiger partial charge is 0.396 e. The molecule has 1 atom stereocenters. The third-order valence-corrected chi connectivity index (χ3v) is 3.85. The van der Waals surface area contributed by atoms with Crippen LogP contribution < -0.4 is 5.32 Å². The molecule has 0 amide bonds. The van der Waals surface area contributed by atoms with E-state index in [0.29, 0.717) is 12.6 Å². The van der Waals surface area contributed by atoms with Crippen LogP contribution in [-0.4, -0.2) is 18.3 Å². The Morgan fingerprint density at radius 1 is 1.11 bits per heavy atom. The fourth-order valence-electron chi connectivity index (χ4n) is 2.83. The first-order valence-corrected chi connectivity index (χ1v) is 7.34. The van der Waals surface area contributed by atoms with Gasteiger partial charge in [-0.05, 0) is 49.8 Å². The van der Waals surface area contributed by atoms with E-state index >= 15 is 0 Å². The first-order valence-electron chi connectivity index (χ1n) is 7.34. The zero-order chi connectivity index (χ0) is 12.6. The van der Waals surface area contributed by atoms with Crippen LogP contribution in [0.25, 0.3) is 0 Å². The van der Waals surface area contributed by atoms with E-state index in [4.69, 9.17) is 5.11 Å². The van der Waals surface area contributed by atoms with Crippen LogP contribution in [-0.2, 0) is 6.42 Å². The van der Waals surface area contributed by atoms with Crippen molar-refractivity contribution in [3.8, 4) is 0 Å². The van der Waals surface area contributed by atoms with Crippen molar-refractivity contribution in [1.82, 2.24) is 5.32 Å². The maximum absolute atomic E-state index is 8.72. The van der Waals surface area contributed by atoms with Gasteiger partial charge < -0.3 is 10.4 Å². The third-order valence-electron chi connectivity index (χ3n) is 3.85. The average molecular weight is 247 g/mol. The smallest absolute Gasteiger partial charge is 0.0431 e. The summed E-state index contributed by atoms with van der Waals surface area (Å²) in [6.45, 7) is 1.44. The first kappa shape index (κ1) is 13.6. The molecule has 1 aliphatic rings. The second-order valence-electron chi connectivity index (χ2n) is 5.24. The van der Waals surface area contributed by atoms with E-state index in [1.54, 1.807) is 0 Å². The topological polar surface area (TPSA) is 32.3 Å². The molecule has 2 nitrogen and oxygen atoms in total. The molecule has 0 saturated heterocycles. The number of aliphatic hydroxyl groups excluding tert-OH is 1. The number of unbranched alkanes of at least 4 members (excludes halogenated alkanes) is 3. The fourth-order valence-corrected chi connectivity index (χ4v) is 2.83. The summed E-state index contributed by atoms with van der Waals surface area (Å²) in [4.78, 5) is 0. The number of fused-ring (bicyclic) bond motifs is 1. The Morgan fingerprint density at radius 3 is 2.83 bits per heavy atom. The van der Waals surface area contributed by atoms with Crippen LogP contribution in [0.1, 0.15) is 55.7 Å². The van der Waals surface area contributed by atoms with E-state index in [0.717, 1.165) is 19.4 Å². The van der Waals surface area contributed by atoms with Crippen molar-refractivity contribution >= 4 is 0 Å². The number of benzene rings is 1. The Balaban J connectivity index is 1.74. The van der Waals surface area contributed by atoms with Crippen LogP contribution in [0.15, 0.2) is 24.3 Å². The minimum Gasteiger partial charge on any atom is -0.396 e. The molecule has 1 unspecified atom stereocenters. The summed E-state index contributed by atoms with van der Waals surface area (Å²) in [5.74, 6) is 0. The molecule has 0 aliphatic heterocycles.